The van der Waals surface area contributed by atoms with Gasteiger partial charge in [-0.3, -0.25) is 0 Å². The van der Waals surface area contributed by atoms with E-state index in [2.05, 4.69) is 11.1 Å². The molecule has 0 spiro atoms. The van der Waals surface area contributed by atoms with Crippen LogP contribution in [0.4, 0.5) is 0 Å². The Bertz CT molecular complexity index is 758. The molecule has 1 aromatic heterocycles. The molecule has 0 saturated heterocycles. The molecule has 1 atom stereocenters. The predicted octanol–water partition coefficient (Wildman–Crippen LogP) is 3.85. The van der Waals surface area contributed by atoms with Gasteiger partial charge in [-0.15, -0.1) is 0 Å². The minimum Gasteiger partial charge on any atom is -0.311 e. The second-order valence-corrected chi connectivity index (χ2v) is 5.10. The standard InChI is InChI=1S/C17H12ClN3/c18-16-8-6-15(7-9-16)17(12-19,21-11-10-20-13-21)14-4-2-1-3-5-14/h1-11,13H. The molecule has 21 heavy (non-hydrogen) atoms. The third-order valence-corrected chi connectivity index (χ3v) is 3.76. The van der Waals surface area contributed by atoms with Gasteiger partial charge in [0.2, 0.25) is 0 Å². The van der Waals surface area contributed by atoms with Crippen molar-refractivity contribution in [3.63, 3.8) is 0 Å². The summed E-state index contributed by atoms with van der Waals surface area (Å²) in [6, 6.07) is 19.5. The van der Waals surface area contributed by atoms with Crippen molar-refractivity contribution in [2.45, 2.75) is 5.54 Å². The van der Waals surface area contributed by atoms with Crippen LogP contribution in [-0.4, -0.2) is 9.55 Å². The van der Waals surface area contributed by atoms with E-state index in [0.717, 1.165) is 11.1 Å². The smallest absolute Gasteiger partial charge is 0.183 e. The molecule has 102 valence electrons. The lowest BCUT2D eigenvalue weighted by molar-refractivity contribution is 0.548. The summed E-state index contributed by atoms with van der Waals surface area (Å²) in [6.45, 7) is 0. The molecule has 3 aromatic rings. The Morgan fingerprint density at radius 2 is 1.67 bits per heavy atom. The second-order valence-electron chi connectivity index (χ2n) is 4.67. The number of aromatic nitrogens is 2. The van der Waals surface area contributed by atoms with Crippen molar-refractivity contribution in [3.8, 4) is 6.07 Å². The number of hydrogen-bond acceptors (Lipinski definition) is 2. The second kappa shape index (κ2) is 5.43. The van der Waals surface area contributed by atoms with Gasteiger partial charge in [0.15, 0.2) is 5.54 Å². The van der Waals surface area contributed by atoms with E-state index in [-0.39, 0.29) is 0 Å². The van der Waals surface area contributed by atoms with Crippen molar-refractivity contribution in [1.82, 2.24) is 9.55 Å². The Morgan fingerprint density at radius 1 is 1.00 bits per heavy atom. The highest BCUT2D eigenvalue weighted by molar-refractivity contribution is 6.30. The first-order valence-corrected chi connectivity index (χ1v) is 6.86. The van der Waals surface area contributed by atoms with Crippen molar-refractivity contribution in [3.05, 3.63) is 89.5 Å². The highest BCUT2D eigenvalue weighted by Crippen LogP contribution is 2.34. The van der Waals surface area contributed by atoms with Crippen molar-refractivity contribution in [2.24, 2.45) is 0 Å². The molecule has 3 rings (SSSR count). The number of imidazole rings is 1. The van der Waals surface area contributed by atoms with Crippen LogP contribution < -0.4 is 0 Å². The first kappa shape index (κ1) is 13.4. The molecule has 4 heteroatoms. The molecule has 0 aliphatic rings. The van der Waals surface area contributed by atoms with E-state index < -0.39 is 5.54 Å². The maximum Gasteiger partial charge on any atom is 0.183 e. The maximum absolute atomic E-state index is 9.99. The van der Waals surface area contributed by atoms with E-state index in [0.29, 0.717) is 5.02 Å². The summed E-state index contributed by atoms with van der Waals surface area (Å²) in [5.41, 5.74) is 0.772. The van der Waals surface area contributed by atoms with Gasteiger partial charge in [-0.25, -0.2) is 4.98 Å². The molecular weight excluding hydrogens is 282 g/mol. The Morgan fingerprint density at radius 3 is 2.24 bits per heavy atom. The third-order valence-electron chi connectivity index (χ3n) is 3.51. The molecule has 0 N–H and O–H groups in total. The number of nitriles is 1. The SMILES string of the molecule is N#CC(c1ccccc1)(c1ccc(Cl)cc1)n1ccnc1. The first-order chi connectivity index (χ1) is 10.3. The van der Waals surface area contributed by atoms with Crippen LogP contribution in [-0.2, 0) is 5.54 Å². The molecule has 0 radical (unpaired) electrons. The lowest BCUT2D eigenvalue weighted by Crippen LogP contribution is -2.33. The quantitative estimate of drug-likeness (QED) is 0.736. The largest absolute Gasteiger partial charge is 0.311 e. The van der Waals surface area contributed by atoms with Gasteiger partial charge < -0.3 is 4.57 Å². The van der Waals surface area contributed by atoms with Gasteiger partial charge in [0.25, 0.3) is 0 Å². The minimum atomic E-state index is -0.956. The number of nitrogens with zero attached hydrogens (tertiary/aromatic N) is 3. The van der Waals surface area contributed by atoms with E-state index in [1.165, 1.54) is 0 Å². The van der Waals surface area contributed by atoms with Crippen LogP contribution in [0.25, 0.3) is 0 Å². The Labute approximate surface area is 128 Å². The molecule has 2 aromatic carbocycles. The van der Waals surface area contributed by atoms with Gasteiger partial charge in [-0.1, -0.05) is 54.1 Å². The average molecular weight is 294 g/mol. The molecule has 0 saturated carbocycles. The van der Waals surface area contributed by atoms with Gasteiger partial charge in [0, 0.05) is 17.4 Å². The summed E-state index contributed by atoms with van der Waals surface area (Å²) in [6.07, 6.45) is 5.13. The molecule has 0 aliphatic carbocycles. The third kappa shape index (κ3) is 2.20. The Kier molecular flexibility index (Phi) is 3.47. The van der Waals surface area contributed by atoms with Gasteiger partial charge in [-0.2, -0.15) is 5.26 Å². The van der Waals surface area contributed by atoms with Crippen molar-refractivity contribution in [2.75, 3.05) is 0 Å². The van der Waals surface area contributed by atoms with Crippen LogP contribution in [0.2, 0.25) is 5.02 Å². The van der Waals surface area contributed by atoms with Gasteiger partial charge in [0.1, 0.15) is 6.07 Å². The topological polar surface area (TPSA) is 41.6 Å². The van der Waals surface area contributed by atoms with Crippen molar-refractivity contribution >= 4 is 11.6 Å². The zero-order valence-corrected chi connectivity index (χ0v) is 11.9. The molecule has 3 nitrogen and oxygen atoms in total. The van der Waals surface area contributed by atoms with E-state index in [4.69, 9.17) is 11.6 Å². The normalized spacial score (nSPS) is 13.3. The fraction of sp³-hybridized carbons (Fsp3) is 0.0588. The summed E-state index contributed by atoms with van der Waals surface area (Å²) in [7, 11) is 0. The summed E-state index contributed by atoms with van der Waals surface area (Å²) >= 11 is 5.97. The molecule has 1 unspecified atom stereocenters. The highest BCUT2D eigenvalue weighted by Gasteiger charge is 2.36. The van der Waals surface area contributed by atoms with Crippen LogP contribution in [0.5, 0.6) is 0 Å². The zero-order valence-electron chi connectivity index (χ0n) is 11.1. The average Bonchev–Trinajstić information content (AvgIpc) is 3.06. The number of halogens is 1. The maximum atomic E-state index is 9.99. The Hall–Kier alpha value is -2.57. The van der Waals surface area contributed by atoms with E-state index in [9.17, 15) is 5.26 Å². The molecule has 0 fully saturated rings. The van der Waals surface area contributed by atoms with Crippen LogP contribution in [0.15, 0.2) is 73.3 Å². The molecule has 0 aliphatic heterocycles. The van der Waals surface area contributed by atoms with Crippen molar-refractivity contribution < 1.29 is 0 Å². The minimum absolute atomic E-state index is 0.643. The van der Waals surface area contributed by atoms with Gasteiger partial charge in [-0.05, 0) is 23.3 Å². The number of benzene rings is 2. The van der Waals surface area contributed by atoms with Crippen LogP contribution in [0.3, 0.4) is 0 Å². The van der Waals surface area contributed by atoms with Gasteiger partial charge in [0.05, 0.1) is 6.33 Å². The summed E-state index contributed by atoms with van der Waals surface area (Å²) in [4.78, 5) is 4.09. The predicted molar refractivity (Wildman–Crippen MR) is 81.9 cm³/mol. The fourth-order valence-corrected chi connectivity index (χ4v) is 2.61. The Balaban J connectivity index is 2.29. The summed E-state index contributed by atoms with van der Waals surface area (Å²) in [5, 5.41) is 10.6. The summed E-state index contributed by atoms with van der Waals surface area (Å²) < 4.78 is 1.81. The fourth-order valence-electron chi connectivity index (χ4n) is 2.48. The van der Waals surface area contributed by atoms with Crippen molar-refractivity contribution in [1.29, 1.82) is 5.26 Å². The zero-order chi connectivity index (χ0) is 14.7. The lowest BCUT2D eigenvalue weighted by Gasteiger charge is -2.29. The lowest BCUT2D eigenvalue weighted by atomic mass is 9.84. The van der Waals surface area contributed by atoms with E-state index in [1.54, 1.807) is 30.9 Å². The monoisotopic (exact) mass is 293 g/mol. The van der Waals surface area contributed by atoms with Crippen LogP contribution >= 0.6 is 11.6 Å². The summed E-state index contributed by atoms with van der Waals surface area (Å²) in [5.74, 6) is 0. The molecule has 0 bridgehead atoms. The van der Waals surface area contributed by atoms with Crippen LogP contribution in [0, 0.1) is 11.3 Å². The molecule has 0 amide bonds. The van der Waals surface area contributed by atoms with E-state index >= 15 is 0 Å². The number of hydrogen-bond donors (Lipinski definition) is 0. The first-order valence-electron chi connectivity index (χ1n) is 6.48. The molecule has 1 heterocycles. The highest BCUT2D eigenvalue weighted by atomic mass is 35.5. The molecular formula is C17H12ClN3. The van der Waals surface area contributed by atoms with Crippen LogP contribution in [0.1, 0.15) is 11.1 Å². The van der Waals surface area contributed by atoms with Gasteiger partial charge >= 0.3 is 0 Å². The number of rotatable bonds is 3. The van der Waals surface area contributed by atoms with E-state index in [1.807, 2.05) is 47.0 Å².